The number of rotatable bonds is 3. The summed E-state index contributed by atoms with van der Waals surface area (Å²) in [5.41, 5.74) is 1.28. The number of hydrogen-bond acceptors (Lipinski definition) is 3. The van der Waals surface area contributed by atoms with E-state index in [4.69, 9.17) is 4.74 Å². The van der Waals surface area contributed by atoms with Gasteiger partial charge < -0.3 is 10.1 Å². The summed E-state index contributed by atoms with van der Waals surface area (Å²) in [7, 11) is 0. The van der Waals surface area contributed by atoms with Gasteiger partial charge in [0.1, 0.15) is 5.75 Å². The molecule has 3 heteroatoms. The summed E-state index contributed by atoms with van der Waals surface area (Å²) in [5.74, 6) is 1.51. The fourth-order valence-corrected chi connectivity index (χ4v) is 3.38. The van der Waals surface area contributed by atoms with Gasteiger partial charge in [-0.2, -0.15) is 0 Å². The third kappa shape index (κ3) is 2.53. The van der Waals surface area contributed by atoms with Crippen LogP contribution in [-0.4, -0.2) is 6.61 Å². The van der Waals surface area contributed by atoms with Crippen molar-refractivity contribution >= 4 is 11.3 Å². The first kappa shape index (κ1) is 12.7. The van der Waals surface area contributed by atoms with Crippen molar-refractivity contribution in [3.63, 3.8) is 0 Å². The number of ether oxygens (including phenoxy) is 1. The lowest BCUT2D eigenvalue weighted by molar-refractivity contribution is 0.182. The Labute approximate surface area is 118 Å². The Kier molecular flexibility index (Phi) is 3.58. The van der Waals surface area contributed by atoms with Crippen LogP contribution < -0.4 is 10.1 Å². The molecule has 1 aliphatic heterocycles. The fraction of sp³-hybridized carbons (Fsp3) is 0.375. The highest BCUT2D eigenvalue weighted by atomic mass is 32.1. The summed E-state index contributed by atoms with van der Waals surface area (Å²) in [6.07, 6.45) is 0. The summed E-state index contributed by atoms with van der Waals surface area (Å²) >= 11 is 1.81. The van der Waals surface area contributed by atoms with Gasteiger partial charge in [0.05, 0.1) is 6.61 Å². The van der Waals surface area contributed by atoms with Crippen molar-refractivity contribution in [2.24, 2.45) is 5.92 Å². The Morgan fingerprint density at radius 3 is 2.89 bits per heavy atom. The van der Waals surface area contributed by atoms with Crippen molar-refractivity contribution < 1.29 is 4.74 Å². The molecule has 2 heterocycles. The smallest absolute Gasteiger partial charge is 0.124 e. The normalized spacial score (nSPS) is 23.5. The zero-order chi connectivity index (χ0) is 13.2. The number of fused-ring (bicyclic) bond motifs is 1. The van der Waals surface area contributed by atoms with Gasteiger partial charge in [0.25, 0.3) is 0 Å². The van der Waals surface area contributed by atoms with Crippen molar-refractivity contribution in [2.45, 2.75) is 25.9 Å². The lowest BCUT2D eigenvalue weighted by Gasteiger charge is -2.34. The first-order chi connectivity index (χ1) is 9.25. The molecular formula is C16H19NOS. The third-order valence-corrected chi connectivity index (χ3v) is 4.78. The van der Waals surface area contributed by atoms with E-state index in [9.17, 15) is 0 Å². The Morgan fingerprint density at radius 1 is 1.26 bits per heavy atom. The lowest BCUT2D eigenvalue weighted by Crippen LogP contribution is -2.35. The number of nitrogens with one attached hydrogen (secondary N) is 1. The Morgan fingerprint density at radius 2 is 2.11 bits per heavy atom. The highest BCUT2D eigenvalue weighted by Gasteiger charge is 2.28. The maximum Gasteiger partial charge on any atom is 0.124 e. The second kappa shape index (κ2) is 5.35. The molecule has 1 aromatic carbocycles. The van der Waals surface area contributed by atoms with Gasteiger partial charge in [0.15, 0.2) is 0 Å². The van der Waals surface area contributed by atoms with Crippen LogP contribution in [0.25, 0.3) is 0 Å². The van der Waals surface area contributed by atoms with E-state index in [2.05, 4.69) is 54.9 Å². The fourth-order valence-electron chi connectivity index (χ4n) is 2.64. The number of benzene rings is 1. The molecule has 2 nitrogen and oxygen atoms in total. The predicted molar refractivity (Wildman–Crippen MR) is 79.7 cm³/mol. The molecule has 100 valence electrons. The summed E-state index contributed by atoms with van der Waals surface area (Å²) in [5, 5.41) is 5.89. The zero-order valence-electron chi connectivity index (χ0n) is 11.3. The lowest BCUT2D eigenvalue weighted by atomic mass is 9.91. The monoisotopic (exact) mass is 273 g/mol. The van der Waals surface area contributed by atoms with E-state index in [-0.39, 0.29) is 0 Å². The number of para-hydroxylation sites is 1. The van der Waals surface area contributed by atoms with Gasteiger partial charge >= 0.3 is 0 Å². The van der Waals surface area contributed by atoms with Gasteiger partial charge in [0, 0.05) is 28.4 Å². The van der Waals surface area contributed by atoms with Crippen LogP contribution in [0.4, 0.5) is 0 Å². The maximum atomic E-state index is 5.80. The van der Waals surface area contributed by atoms with Gasteiger partial charge in [-0.3, -0.25) is 0 Å². The Bertz CT molecular complexity index is 537. The van der Waals surface area contributed by atoms with Crippen LogP contribution in [0.1, 0.15) is 36.4 Å². The molecule has 3 rings (SSSR count). The van der Waals surface area contributed by atoms with Crippen LogP contribution in [0.2, 0.25) is 0 Å². The highest BCUT2D eigenvalue weighted by Crippen LogP contribution is 2.36. The van der Waals surface area contributed by atoms with E-state index in [1.807, 2.05) is 17.4 Å². The average molecular weight is 273 g/mol. The summed E-state index contributed by atoms with van der Waals surface area (Å²) in [6, 6.07) is 13.4. The molecule has 0 saturated carbocycles. The SMILES string of the molecule is CC(NC1c2ccccc2OCC1C)c1cccs1. The van der Waals surface area contributed by atoms with Crippen molar-refractivity contribution in [2.75, 3.05) is 6.61 Å². The van der Waals surface area contributed by atoms with Gasteiger partial charge in [-0.25, -0.2) is 0 Å². The molecule has 1 aliphatic rings. The minimum absolute atomic E-state index is 0.363. The molecule has 0 amide bonds. The van der Waals surface area contributed by atoms with Crippen LogP contribution in [0, 0.1) is 5.92 Å². The summed E-state index contributed by atoms with van der Waals surface area (Å²) in [4.78, 5) is 1.39. The molecule has 0 saturated heterocycles. The van der Waals surface area contributed by atoms with Crippen LogP contribution in [0.3, 0.4) is 0 Å². The molecule has 2 aromatic rings. The van der Waals surface area contributed by atoms with Gasteiger partial charge in [-0.05, 0) is 24.4 Å². The predicted octanol–water partition coefficient (Wildman–Crippen LogP) is 4.17. The first-order valence-electron chi connectivity index (χ1n) is 6.77. The molecular weight excluding hydrogens is 254 g/mol. The second-order valence-corrected chi connectivity index (χ2v) is 6.19. The average Bonchev–Trinajstić information content (AvgIpc) is 2.96. The topological polar surface area (TPSA) is 21.3 Å². The van der Waals surface area contributed by atoms with E-state index >= 15 is 0 Å². The van der Waals surface area contributed by atoms with Gasteiger partial charge in [0.2, 0.25) is 0 Å². The van der Waals surface area contributed by atoms with E-state index < -0.39 is 0 Å². The minimum atomic E-state index is 0.363. The first-order valence-corrected chi connectivity index (χ1v) is 7.65. The maximum absolute atomic E-state index is 5.80. The highest BCUT2D eigenvalue weighted by molar-refractivity contribution is 7.10. The Balaban J connectivity index is 1.84. The molecule has 0 radical (unpaired) electrons. The van der Waals surface area contributed by atoms with Crippen molar-refractivity contribution in [3.05, 3.63) is 52.2 Å². The molecule has 0 spiro atoms. The van der Waals surface area contributed by atoms with Crippen LogP contribution in [0.5, 0.6) is 5.75 Å². The van der Waals surface area contributed by atoms with E-state index in [0.29, 0.717) is 18.0 Å². The van der Waals surface area contributed by atoms with E-state index in [1.54, 1.807) is 0 Å². The van der Waals surface area contributed by atoms with Gasteiger partial charge in [-0.15, -0.1) is 11.3 Å². The molecule has 1 N–H and O–H groups in total. The van der Waals surface area contributed by atoms with E-state index in [0.717, 1.165) is 12.4 Å². The van der Waals surface area contributed by atoms with Crippen LogP contribution >= 0.6 is 11.3 Å². The quantitative estimate of drug-likeness (QED) is 0.906. The second-order valence-electron chi connectivity index (χ2n) is 5.21. The van der Waals surface area contributed by atoms with Crippen molar-refractivity contribution in [1.82, 2.24) is 5.32 Å². The van der Waals surface area contributed by atoms with Crippen molar-refractivity contribution in [1.29, 1.82) is 0 Å². The molecule has 1 aromatic heterocycles. The number of thiophene rings is 1. The van der Waals surface area contributed by atoms with E-state index in [1.165, 1.54) is 10.4 Å². The standard InChI is InChI=1S/C16H19NOS/c1-11-10-18-14-7-4-3-6-13(14)16(11)17-12(2)15-8-5-9-19-15/h3-9,11-12,16-17H,10H2,1-2H3. The molecule has 0 aliphatic carbocycles. The molecule has 19 heavy (non-hydrogen) atoms. The third-order valence-electron chi connectivity index (χ3n) is 3.72. The summed E-state index contributed by atoms with van der Waals surface area (Å²) in [6.45, 7) is 5.26. The van der Waals surface area contributed by atoms with Crippen LogP contribution in [0.15, 0.2) is 41.8 Å². The van der Waals surface area contributed by atoms with Crippen molar-refractivity contribution in [3.8, 4) is 5.75 Å². The van der Waals surface area contributed by atoms with Crippen LogP contribution in [-0.2, 0) is 0 Å². The largest absolute Gasteiger partial charge is 0.493 e. The molecule has 3 atom stereocenters. The van der Waals surface area contributed by atoms with Gasteiger partial charge in [-0.1, -0.05) is 31.2 Å². The molecule has 0 bridgehead atoms. The number of hydrogen-bond donors (Lipinski definition) is 1. The summed E-state index contributed by atoms with van der Waals surface area (Å²) < 4.78 is 5.80. The Hall–Kier alpha value is -1.32. The molecule has 3 unspecified atom stereocenters. The minimum Gasteiger partial charge on any atom is -0.493 e. The molecule has 0 fully saturated rings. The zero-order valence-corrected chi connectivity index (χ0v) is 12.1.